The van der Waals surface area contributed by atoms with Crippen LogP contribution in [-0.4, -0.2) is 29.1 Å². The van der Waals surface area contributed by atoms with E-state index in [0.29, 0.717) is 5.56 Å². The Hall–Kier alpha value is -3.07. The van der Waals surface area contributed by atoms with Gasteiger partial charge in [0, 0.05) is 24.2 Å². The SMILES string of the molecule is O=C(NC[C@@H](O)c1ccc([N+](=O)[O-])cc1)c1cccc(OC(F)F)c1. The third kappa shape index (κ3) is 5.21. The quantitative estimate of drug-likeness (QED) is 0.589. The van der Waals surface area contributed by atoms with E-state index in [1.54, 1.807) is 0 Å². The molecule has 0 aromatic heterocycles. The number of halogens is 2. The number of ether oxygens (including phenoxy) is 1. The van der Waals surface area contributed by atoms with Crippen LogP contribution in [0.5, 0.6) is 5.75 Å². The number of carbonyl (C=O) groups is 1. The zero-order valence-corrected chi connectivity index (χ0v) is 12.8. The molecule has 0 saturated heterocycles. The number of nitrogens with zero attached hydrogens (tertiary/aromatic N) is 1. The Morgan fingerprint density at radius 1 is 1.24 bits per heavy atom. The number of carbonyl (C=O) groups excluding carboxylic acids is 1. The summed E-state index contributed by atoms with van der Waals surface area (Å²) in [5.74, 6) is -0.737. The van der Waals surface area contributed by atoms with Crippen LogP contribution in [0, 0.1) is 10.1 Å². The van der Waals surface area contributed by atoms with Crippen LogP contribution in [0.4, 0.5) is 14.5 Å². The number of nitrogens with one attached hydrogen (secondary N) is 1. The molecule has 132 valence electrons. The van der Waals surface area contributed by atoms with E-state index < -0.39 is 23.5 Å². The average molecular weight is 352 g/mol. The Bertz CT molecular complexity index is 752. The van der Waals surface area contributed by atoms with Crippen LogP contribution in [0.15, 0.2) is 48.5 Å². The van der Waals surface area contributed by atoms with Gasteiger partial charge in [-0.1, -0.05) is 6.07 Å². The van der Waals surface area contributed by atoms with E-state index in [1.807, 2.05) is 0 Å². The Kier molecular flexibility index (Phi) is 5.96. The van der Waals surface area contributed by atoms with E-state index in [9.17, 15) is 28.8 Å². The fourth-order valence-corrected chi connectivity index (χ4v) is 2.04. The van der Waals surface area contributed by atoms with E-state index in [2.05, 4.69) is 10.1 Å². The first kappa shape index (κ1) is 18.3. The summed E-state index contributed by atoms with van der Waals surface area (Å²) in [5, 5.41) is 23.0. The molecule has 0 aliphatic carbocycles. The van der Waals surface area contributed by atoms with Gasteiger partial charge in [0.15, 0.2) is 0 Å². The van der Waals surface area contributed by atoms with Gasteiger partial charge in [0.1, 0.15) is 5.75 Å². The second-order valence-corrected chi connectivity index (χ2v) is 4.98. The van der Waals surface area contributed by atoms with E-state index in [0.717, 1.165) is 6.07 Å². The highest BCUT2D eigenvalue weighted by Gasteiger charge is 2.14. The molecule has 0 unspecified atom stereocenters. The lowest BCUT2D eigenvalue weighted by Crippen LogP contribution is -2.28. The maximum absolute atomic E-state index is 12.2. The average Bonchev–Trinajstić information content (AvgIpc) is 2.59. The van der Waals surface area contributed by atoms with Gasteiger partial charge in [0.05, 0.1) is 11.0 Å². The Labute approximate surface area is 141 Å². The Balaban J connectivity index is 1.95. The Morgan fingerprint density at radius 2 is 1.92 bits per heavy atom. The van der Waals surface area contributed by atoms with Gasteiger partial charge in [-0.25, -0.2) is 0 Å². The van der Waals surface area contributed by atoms with E-state index in [1.165, 1.54) is 42.5 Å². The summed E-state index contributed by atoms with van der Waals surface area (Å²) in [5.41, 5.74) is 0.366. The van der Waals surface area contributed by atoms with Crippen LogP contribution in [0.2, 0.25) is 0 Å². The molecule has 1 amide bonds. The molecule has 2 aromatic rings. The van der Waals surface area contributed by atoms with Crippen LogP contribution in [0.25, 0.3) is 0 Å². The van der Waals surface area contributed by atoms with Crippen molar-refractivity contribution in [3.63, 3.8) is 0 Å². The number of aliphatic hydroxyl groups excluding tert-OH is 1. The number of rotatable bonds is 7. The van der Waals surface area contributed by atoms with Crippen LogP contribution >= 0.6 is 0 Å². The van der Waals surface area contributed by atoms with Gasteiger partial charge in [0.2, 0.25) is 0 Å². The second-order valence-electron chi connectivity index (χ2n) is 4.98. The number of aliphatic hydroxyl groups is 1. The van der Waals surface area contributed by atoms with E-state index >= 15 is 0 Å². The van der Waals surface area contributed by atoms with Crippen molar-refractivity contribution in [2.75, 3.05) is 6.54 Å². The zero-order valence-electron chi connectivity index (χ0n) is 12.8. The summed E-state index contributed by atoms with van der Waals surface area (Å²) in [6.07, 6.45) is -1.08. The molecule has 0 radical (unpaired) electrons. The number of amides is 1. The lowest BCUT2D eigenvalue weighted by atomic mass is 10.1. The molecule has 0 bridgehead atoms. The zero-order chi connectivity index (χ0) is 18.4. The molecule has 0 aliphatic heterocycles. The summed E-state index contributed by atoms with van der Waals surface area (Å²) in [6, 6.07) is 10.5. The van der Waals surface area contributed by atoms with Gasteiger partial charge in [0.25, 0.3) is 11.6 Å². The molecule has 2 aromatic carbocycles. The third-order valence-corrected chi connectivity index (χ3v) is 3.27. The van der Waals surface area contributed by atoms with Crippen molar-refractivity contribution in [1.82, 2.24) is 5.32 Å². The molecule has 0 aliphatic rings. The monoisotopic (exact) mass is 352 g/mol. The summed E-state index contributed by atoms with van der Waals surface area (Å²) in [4.78, 5) is 22.0. The lowest BCUT2D eigenvalue weighted by molar-refractivity contribution is -0.384. The van der Waals surface area contributed by atoms with Gasteiger partial charge in [-0.3, -0.25) is 14.9 Å². The molecule has 7 nitrogen and oxygen atoms in total. The molecule has 9 heteroatoms. The number of nitro benzene ring substituents is 1. The van der Waals surface area contributed by atoms with Crippen LogP contribution in [0.3, 0.4) is 0 Å². The molecular formula is C16H14F2N2O5. The molecule has 2 rings (SSSR count). The number of hydrogen-bond donors (Lipinski definition) is 2. The van der Waals surface area contributed by atoms with Crippen LogP contribution in [-0.2, 0) is 0 Å². The van der Waals surface area contributed by atoms with Crippen molar-refractivity contribution in [2.45, 2.75) is 12.7 Å². The Morgan fingerprint density at radius 3 is 2.52 bits per heavy atom. The normalized spacial score (nSPS) is 11.8. The molecule has 1 atom stereocenters. The van der Waals surface area contributed by atoms with Crippen LogP contribution in [0.1, 0.15) is 22.0 Å². The predicted molar refractivity (Wildman–Crippen MR) is 83.5 cm³/mol. The first-order valence-corrected chi connectivity index (χ1v) is 7.12. The number of nitro groups is 1. The summed E-state index contributed by atoms with van der Waals surface area (Å²) < 4.78 is 28.6. The minimum absolute atomic E-state index is 0.0917. The molecule has 25 heavy (non-hydrogen) atoms. The molecule has 0 heterocycles. The number of hydrogen-bond acceptors (Lipinski definition) is 5. The first-order chi connectivity index (χ1) is 11.9. The fourth-order valence-electron chi connectivity index (χ4n) is 2.04. The molecule has 0 spiro atoms. The topological polar surface area (TPSA) is 102 Å². The number of alkyl halides is 2. The molecule has 2 N–H and O–H groups in total. The highest BCUT2D eigenvalue weighted by molar-refractivity contribution is 5.94. The summed E-state index contributed by atoms with van der Waals surface area (Å²) in [7, 11) is 0. The van der Waals surface area contributed by atoms with E-state index in [-0.39, 0.29) is 23.5 Å². The molecular weight excluding hydrogens is 338 g/mol. The lowest BCUT2D eigenvalue weighted by Gasteiger charge is -2.12. The van der Waals surface area contributed by atoms with Crippen molar-refractivity contribution in [2.24, 2.45) is 0 Å². The first-order valence-electron chi connectivity index (χ1n) is 7.12. The molecule has 0 saturated carbocycles. The van der Waals surface area contributed by atoms with Crippen molar-refractivity contribution >= 4 is 11.6 Å². The van der Waals surface area contributed by atoms with Crippen molar-refractivity contribution < 1.29 is 28.3 Å². The minimum atomic E-state index is -3.00. The molecule has 0 fully saturated rings. The van der Waals surface area contributed by atoms with Crippen molar-refractivity contribution in [1.29, 1.82) is 0 Å². The van der Waals surface area contributed by atoms with Crippen LogP contribution < -0.4 is 10.1 Å². The fraction of sp³-hybridized carbons (Fsp3) is 0.188. The van der Waals surface area contributed by atoms with Crippen molar-refractivity contribution in [3.8, 4) is 5.75 Å². The van der Waals surface area contributed by atoms with Gasteiger partial charge in [-0.2, -0.15) is 8.78 Å². The largest absolute Gasteiger partial charge is 0.435 e. The number of non-ortho nitro benzene ring substituents is 1. The predicted octanol–water partition coefficient (Wildman–Crippen LogP) is 2.66. The van der Waals surface area contributed by atoms with Gasteiger partial charge in [-0.15, -0.1) is 0 Å². The number of benzene rings is 2. The van der Waals surface area contributed by atoms with Crippen molar-refractivity contribution in [3.05, 3.63) is 69.8 Å². The highest BCUT2D eigenvalue weighted by atomic mass is 19.3. The summed E-state index contributed by atoms with van der Waals surface area (Å²) >= 11 is 0. The summed E-state index contributed by atoms with van der Waals surface area (Å²) in [6.45, 7) is -3.15. The smallest absolute Gasteiger partial charge is 0.387 e. The maximum Gasteiger partial charge on any atom is 0.387 e. The van der Waals surface area contributed by atoms with Gasteiger partial charge in [-0.05, 0) is 35.9 Å². The second kappa shape index (κ2) is 8.15. The standard InChI is InChI=1S/C16H14F2N2O5/c17-16(18)25-13-3-1-2-11(8-13)15(22)19-9-14(21)10-4-6-12(7-5-10)20(23)24/h1-8,14,16,21H,9H2,(H,19,22)/t14-/m1/s1. The third-order valence-electron chi connectivity index (χ3n) is 3.27. The maximum atomic E-state index is 12.2. The minimum Gasteiger partial charge on any atom is -0.435 e. The van der Waals surface area contributed by atoms with Gasteiger partial charge < -0.3 is 15.2 Å². The highest BCUT2D eigenvalue weighted by Crippen LogP contribution is 2.18. The van der Waals surface area contributed by atoms with Gasteiger partial charge >= 0.3 is 6.61 Å². The van der Waals surface area contributed by atoms with E-state index in [4.69, 9.17) is 0 Å².